The van der Waals surface area contributed by atoms with Crippen LogP contribution in [-0.2, 0) is 10.8 Å². The summed E-state index contributed by atoms with van der Waals surface area (Å²) in [6.07, 6.45) is 0. The van der Waals surface area contributed by atoms with E-state index in [1.807, 2.05) is 0 Å². The van der Waals surface area contributed by atoms with E-state index >= 15 is 0 Å². The Labute approximate surface area is 364 Å². The molecule has 0 bridgehead atoms. The molecule has 0 aliphatic heterocycles. The number of aromatic nitrogens is 1. The summed E-state index contributed by atoms with van der Waals surface area (Å²) in [5.41, 5.74) is 22.3. The van der Waals surface area contributed by atoms with Crippen molar-refractivity contribution in [2.75, 3.05) is 4.90 Å². The number of nitrogens with zero attached hydrogens (tertiary/aromatic N) is 2. The number of fused-ring (bicyclic) bond motifs is 9. The zero-order chi connectivity index (χ0) is 41.7. The first kappa shape index (κ1) is 36.4. The maximum Gasteiger partial charge on any atom is 0.0541 e. The third kappa shape index (κ3) is 5.43. The minimum Gasteiger partial charge on any atom is -0.310 e. The molecule has 10 aromatic rings. The van der Waals surface area contributed by atoms with E-state index in [0.717, 1.165) is 17.1 Å². The van der Waals surface area contributed by atoms with Crippen LogP contribution in [-0.4, -0.2) is 4.57 Å². The van der Waals surface area contributed by atoms with Crippen molar-refractivity contribution in [3.63, 3.8) is 0 Å². The second-order valence-corrected chi connectivity index (χ2v) is 18.2. The van der Waals surface area contributed by atoms with Gasteiger partial charge in [0.1, 0.15) is 0 Å². The Morgan fingerprint density at radius 3 is 1.40 bits per heavy atom. The number of para-hydroxylation sites is 2. The van der Waals surface area contributed by atoms with Crippen LogP contribution in [0.1, 0.15) is 49.9 Å². The van der Waals surface area contributed by atoms with Gasteiger partial charge in [-0.15, -0.1) is 0 Å². The molecule has 1 aromatic heterocycles. The van der Waals surface area contributed by atoms with Crippen molar-refractivity contribution < 1.29 is 0 Å². The number of hydrogen-bond donors (Lipinski definition) is 0. The zero-order valence-corrected chi connectivity index (χ0v) is 35.5. The van der Waals surface area contributed by atoms with E-state index in [2.05, 4.69) is 243 Å². The fraction of sp³-hybridized carbons (Fsp3) is 0.100. The summed E-state index contributed by atoms with van der Waals surface area (Å²) in [5, 5.41) is 2.56. The van der Waals surface area contributed by atoms with Gasteiger partial charge in [0.05, 0.1) is 11.0 Å². The highest BCUT2D eigenvalue weighted by Crippen LogP contribution is 2.53. The Hall–Kier alpha value is -7.42. The molecule has 296 valence electrons. The lowest BCUT2D eigenvalue weighted by atomic mass is 9.82. The SMILES string of the molecule is CC1(C)c2ccccc2-c2ccc(N(c3ccc(-c4cccc(-c5ccccc5)c4)cc3)c3ccc4c(c3)C(C)(C)c3cc(-n5c6ccccc6c6ccccc65)ccc3-4)cc21. The molecule has 2 nitrogen and oxygen atoms in total. The molecule has 9 aromatic carbocycles. The predicted molar refractivity (Wildman–Crippen MR) is 261 cm³/mol. The molecule has 0 saturated heterocycles. The number of anilines is 3. The first-order valence-corrected chi connectivity index (χ1v) is 21.8. The average Bonchev–Trinajstić information content (AvgIpc) is 3.86. The topological polar surface area (TPSA) is 8.17 Å². The summed E-state index contributed by atoms with van der Waals surface area (Å²) in [4.78, 5) is 2.46. The van der Waals surface area contributed by atoms with E-state index < -0.39 is 0 Å². The Balaban J connectivity index is 0.976. The molecule has 0 spiro atoms. The summed E-state index contributed by atoms with van der Waals surface area (Å²) >= 11 is 0. The van der Waals surface area contributed by atoms with Gasteiger partial charge in [-0.3, -0.25) is 0 Å². The molecule has 2 aliphatic carbocycles. The number of hydrogen-bond acceptors (Lipinski definition) is 1. The van der Waals surface area contributed by atoms with Crippen LogP contribution in [0.2, 0.25) is 0 Å². The van der Waals surface area contributed by atoms with Gasteiger partial charge in [0.15, 0.2) is 0 Å². The largest absolute Gasteiger partial charge is 0.310 e. The molecule has 0 amide bonds. The summed E-state index contributed by atoms with van der Waals surface area (Å²) < 4.78 is 2.44. The lowest BCUT2D eigenvalue weighted by Crippen LogP contribution is -2.18. The van der Waals surface area contributed by atoms with Crippen molar-refractivity contribution in [2.24, 2.45) is 0 Å². The Kier molecular flexibility index (Phi) is 7.96. The average molecular weight is 795 g/mol. The molecule has 0 fully saturated rings. The van der Waals surface area contributed by atoms with E-state index in [1.165, 1.54) is 94.3 Å². The Bertz CT molecular complexity index is 3350. The molecule has 62 heavy (non-hydrogen) atoms. The van der Waals surface area contributed by atoms with Gasteiger partial charge in [0.25, 0.3) is 0 Å². The fourth-order valence-corrected chi connectivity index (χ4v) is 10.8. The molecule has 0 unspecified atom stereocenters. The monoisotopic (exact) mass is 794 g/mol. The molecular formula is C60H46N2. The highest BCUT2D eigenvalue weighted by Gasteiger charge is 2.38. The Morgan fingerprint density at radius 2 is 0.774 bits per heavy atom. The zero-order valence-electron chi connectivity index (χ0n) is 35.5. The summed E-state index contributed by atoms with van der Waals surface area (Å²) in [5.74, 6) is 0. The third-order valence-electron chi connectivity index (χ3n) is 14.0. The molecule has 2 aliphatic rings. The standard InChI is InChI=1S/C60H46N2/c1-59(2)53-22-11-8-19-47(53)48-32-29-44(36-54(48)59)61(43-27-25-40(26-28-43)42-18-14-17-41(35-42)39-15-6-5-7-16-39)45-30-33-49-50-34-31-46(38-56(50)60(3,4)55(49)37-45)62-57-23-12-9-20-51(57)52-21-10-13-24-58(52)62/h5-38H,1-4H3. The van der Waals surface area contributed by atoms with E-state index in [4.69, 9.17) is 0 Å². The Morgan fingerprint density at radius 1 is 0.323 bits per heavy atom. The molecule has 0 atom stereocenters. The highest BCUT2D eigenvalue weighted by atomic mass is 15.1. The van der Waals surface area contributed by atoms with Crippen molar-refractivity contribution in [3.05, 3.63) is 229 Å². The van der Waals surface area contributed by atoms with E-state index in [0.29, 0.717) is 0 Å². The first-order valence-electron chi connectivity index (χ1n) is 21.8. The van der Waals surface area contributed by atoms with Gasteiger partial charge >= 0.3 is 0 Å². The maximum absolute atomic E-state index is 2.46. The minimum atomic E-state index is -0.226. The van der Waals surface area contributed by atoms with Crippen molar-refractivity contribution >= 4 is 38.9 Å². The predicted octanol–water partition coefficient (Wildman–Crippen LogP) is 16.2. The van der Waals surface area contributed by atoms with Crippen LogP contribution in [0.4, 0.5) is 17.1 Å². The van der Waals surface area contributed by atoms with Gasteiger partial charge < -0.3 is 9.47 Å². The molecule has 12 rings (SSSR count). The molecule has 1 heterocycles. The second kappa shape index (κ2) is 13.5. The number of rotatable bonds is 6. The smallest absolute Gasteiger partial charge is 0.0541 e. The van der Waals surface area contributed by atoms with Gasteiger partial charge in [-0.2, -0.15) is 0 Å². The second-order valence-electron chi connectivity index (χ2n) is 18.2. The third-order valence-corrected chi connectivity index (χ3v) is 14.0. The van der Waals surface area contributed by atoms with E-state index in [9.17, 15) is 0 Å². The minimum absolute atomic E-state index is 0.114. The van der Waals surface area contributed by atoms with Crippen LogP contribution in [0.25, 0.3) is 72.0 Å². The summed E-state index contributed by atoms with van der Waals surface area (Å²) in [6.45, 7) is 9.53. The first-order chi connectivity index (χ1) is 30.3. The van der Waals surface area contributed by atoms with Crippen molar-refractivity contribution in [3.8, 4) is 50.2 Å². The quantitative estimate of drug-likeness (QED) is 0.163. The van der Waals surface area contributed by atoms with Gasteiger partial charge in [0, 0.05) is 44.4 Å². The number of benzene rings is 9. The van der Waals surface area contributed by atoms with Crippen LogP contribution in [0, 0.1) is 0 Å². The lowest BCUT2D eigenvalue weighted by Gasteiger charge is -2.30. The van der Waals surface area contributed by atoms with Gasteiger partial charge in [-0.25, -0.2) is 0 Å². The molecule has 0 saturated carbocycles. The van der Waals surface area contributed by atoms with Crippen LogP contribution >= 0.6 is 0 Å². The van der Waals surface area contributed by atoms with Crippen molar-refractivity contribution in [1.82, 2.24) is 4.57 Å². The molecule has 2 heteroatoms. The highest BCUT2D eigenvalue weighted by molar-refractivity contribution is 6.09. The van der Waals surface area contributed by atoms with Gasteiger partial charge in [-0.05, 0) is 133 Å². The summed E-state index contributed by atoms with van der Waals surface area (Å²) in [7, 11) is 0. The van der Waals surface area contributed by atoms with Gasteiger partial charge in [-0.1, -0.05) is 167 Å². The van der Waals surface area contributed by atoms with Crippen LogP contribution in [0.15, 0.2) is 206 Å². The lowest BCUT2D eigenvalue weighted by molar-refractivity contribution is 0.659. The van der Waals surface area contributed by atoms with Crippen molar-refractivity contribution in [1.29, 1.82) is 0 Å². The van der Waals surface area contributed by atoms with Crippen LogP contribution in [0.5, 0.6) is 0 Å². The summed E-state index contributed by atoms with van der Waals surface area (Å²) in [6, 6.07) is 76.5. The van der Waals surface area contributed by atoms with Gasteiger partial charge in [0.2, 0.25) is 0 Å². The molecular weight excluding hydrogens is 749 g/mol. The molecule has 0 N–H and O–H groups in total. The fourth-order valence-electron chi connectivity index (χ4n) is 10.8. The maximum atomic E-state index is 2.46. The normalized spacial score (nSPS) is 14.1. The molecule has 0 radical (unpaired) electrons. The van der Waals surface area contributed by atoms with Crippen LogP contribution < -0.4 is 4.90 Å². The van der Waals surface area contributed by atoms with E-state index in [-0.39, 0.29) is 10.8 Å². The van der Waals surface area contributed by atoms with Crippen molar-refractivity contribution in [2.45, 2.75) is 38.5 Å². The van der Waals surface area contributed by atoms with E-state index in [1.54, 1.807) is 0 Å². The van der Waals surface area contributed by atoms with Crippen LogP contribution in [0.3, 0.4) is 0 Å².